The number of fused-ring (bicyclic) bond motifs is 2. The van der Waals surface area contributed by atoms with Gasteiger partial charge in [-0.25, -0.2) is 13.2 Å². The van der Waals surface area contributed by atoms with Crippen LogP contribution in [-0.4, -0.2) is 93.2 Å². The quantitative estimate of drug-likeness (QED) is 0.239. The number of nitrogens with one attached hydrogen (secondary N) is 1. The Balaban J connectivity index is 1.53. The van der Waals surface area contributed by atoms with Crippen LogP contribution in [0.15, 0.2) is 47.4 Å². The maximum atomic E-state index is 14.5. The van der Waals surface area contributed by atoms with Gasteiger partial charge in [0.1, 0.15) is 12.4 Å². The molecule has 3 aliphatic heterocycles. The number of hydrogen-bond donors (Lipinski definition) is 4. The highest BCUT2D eigenvalue weighted by Crippen LogP contribution is 2.42. The fourth-order valence-electron chi connectivity index (χ4n) is 6.21. The number of carbonyl (C=O) groups is 1. The van der Waals surface area contributed by atoms with Crippen molar-refractivity contribution < 1.29 is 47.1 Å². The molecule has 2 fully saturated rings. The van der Waals surface area contributed by atoms with Gasteiger partial charge in [-0.15, -0.1) is 0 Å². The highest BCUT2D eigenvalue weighted by atomic mass is 32.2. The predicted octanol–water partition coefficient (Wildman–Crippen LogP) is 2.02. The van der Waals surface area contributed by atoms with Gasteiger partial charge in [0, 0.05) is 31.0 Å². The summed E-state index contributed by atoms with van der Waals surface area (Å²) in [6.45, 7) is 5.14. The van der Waals surface area contributed by atoms with E-state index >= 15 is 0 Å². The van der Waals surface area contributed by atoms with Gasteiger partial charge in [0.05, 0.1) is 36.3 Å². The molecule has 1 unspecified atom stereocenters. The van der Waals surface area contributed by atoms with Gasteiger partial charge >= 0.3 is 6.09 Å². The summed E-state index contributed by atoms with van der Waals surface area (Å²) in [6.07, 6.45) is -2.58. The van der Waals surface area contributed by atoms with Gasteiger partial charge in [0.15, 0.2) is 17.8 Å². The van der Waals surface area contributed by atoms with E-state index in [-0.39, 0.29) is 43.1 Å². The number of hydrogen-bond acceptors (Lipinski definition) is 10. The molecular weight excluding hydrogens is 594 g/mol. The minimum atomic E-state index is -4.24. The van der Waals surface area contributed by atoms with Crippen molar-refractivity contribution in [3.8, 4) is 17.2 Å². The number of amides is 1. The molecule has 3 heterocycles. The largest absolute Gasteiger partial charge is 0.492 e. The zero-order chi connectivity index (χ0) is 31.4. The summed E-state index contributed by atoms with van der Waals surface area (Å²) in [5.41, 5.74) is 6.24. The standard InChI is InChI=1S/C30H41N3O10S/c1-18(2)15-33(44(37,38)21-7-8-25-26(14-21)43-17-42-25)27(23-16-41-29-22(23)9-11-40-29)28(34)24(32-30(35)36)13-19-3-5-20(6-4-19)39-12-10-31/h3-8,14,18,22-24,27-29,32,34H,9-13,15-17,31H2,1-2H3,(H,35,36)/t22-,23+,24-,27?,28+,29+/m0/s1. The van der Waals surface area contributed by atoms with Gasteiger partial charge in [0.25, 0.3) is 0 Å². The normalized spacial score (nSPS) is 23.0. The van der Waals surface area contributed by atoms with Crippen LogP contribution in [0.1, 0.15) is 25.8 Å². The third-order valence-electron chi connectivity index (χ3n) is 8.19. The maximum absolute atomic E-state index is 14.5. The van der Waals surface area contributed by atoms with Gasteiger partial charge < -0.3 is 44.9 Å². The average Bonchev–Trinajstić information content (AvgIpc) is 3.74. The second kappa shape index (κ2) is 13.9. The first-order valence-electron chi connectivity index (χ1n) is 14.8. The highest BCUT2D eigenvalue weighted by Gasteiger charge is 2.52. The molecule has 1 amide bonds. The first-order valence-corrected chi connectivity index (χ1v) is 16.3. The number of sulfonamides is 1. The van der Waals surface area contributed by atoms with Crippen molar-refractivity contribution >= 4 is 16.1 Å². The van der Waals surface area contributed by atoms with E-state index in [4.69, 9.17) is 29.4 Å². The average molecular weight is 636 g/mol. The molecule has 0 bridgehead atoms. The Bertz CT molecular complexity index is 1390. The first-order chi connectivity index (χ1) is 21.1. The molecule has 2 aromatic rings. The number of nitrogens with zero attached hydrogens (tertiary/aromatic N) is 1. The summed E-state index contributed by atoms with van der Waals surface area (Å²) in [5.74, 6) is 0.583. The molecule has 5 rings (SSSR count). The molecule has 6 atom stereocenters. The number of carboxylic acid groups (broad SMARTS) is 1. The van der Waals surface area contributed by atoms with Crippen molar-refractivity contribution in [1.82, 2.24) is 9.62 Å². The van der Waals surface area contributed by atoms with Crippen molar-refractivity contribution in [3.63, 3.8) is 0 Å². The molecule has 3 aliphatic rings. The van der Waals surface area contributed by atoms with Gasteiger partial charge in [-0.2, -0.15) is 4.31 Å². The van der Waals surface area contributed by atoms with Crippen LogP contribution >= 0.6 is 0 Å². The smallest absolute Gasteiger partial charge is 0.404 e. The summed E-state index contributed by atoms with van der Waals surface area (Å²) in [4.78, 5) is 12.0. The fourth-order valence-corrected chi connectivity index (χ4v) is 8.07. The molecule has 44 heavy (non-hydrogen) atoms. The molecule has 0 spiro atoms. The minimum absolute atomic E-state index is 0.0129. The Morgan fingerprint density at radius 2 is 1.89 bits per heavy atom. The molecule has 0 saturated carbocycles. The molecule has 5 N–H and O–H groups in total. The second-order valence-corrected chi connectivity index (χ2v) is 13.6. The SMILES string of the molecule is CC(C)CN(C([C@H](O)[C@H](Cc1ccc(OCCN)cc1)NC(=O)O)[C@@H]1CO[C@H]2OCC[C@H]21)S(=O)(=O)c1ccc2c(c1)OCO2. The number of ether oxygens (including phenoxy) is 5. The minimum Gasteiger partial charge on any atom is -0.492 e. The van der Waals surface area contributed by atoms with Crippen LogP contribution in [0.5, 0.6) is 17.2 Å². The van der Waals surface area contributed by atoms with E-state index in [0.717, 1.165) is 5.56 Å². The predicted molar refractivity (Wildman–Crippen MR) is 158 cm³/mol. The van der Waals surface area contributed by atoms with E-state index in [1.807, 2.05) is 13.8 Å². The van der Waals surface area contributed by atoms with E-state index in [0.29, 0.717) is 43.4 Å². The van der Waals surface area contributed by atoms with E-state index in [9.17, 15) is 23.4 Å². The lowest BCUT2D eigenvalue weighted by molar-refractivity contribution is -0.0907. The topological polar surface area (TPSA) is 179 Å². The zero-order valence-electron chi connectivity index (χ0n) is 24.8. The van der Waals surface area contributed by atoms with Crippen molar-refractivity contribution in [2.45, 2.75) is 56.1 Å². The van der Waals surface area contributed by atoms with Crippen molar-refractivity contribution in [1.29, 1.82) is 0 Å². The van der Waals surface area contributed by atoms with Crippen molar-refractivity contribution in [3.05, 3.63) is 48.0 Å². The monoisotopic (exact) mass is 635 g/mol. The summed E-state index contributed by atoms with van der Waals surface area (Å²) in [6, 6.07) is 9.35. The van der Waals surface area contributed by atoms with E-state index < -0.39 is 46.5 Å². The van der Waals surface area contributed by atoms with E-state index in [1.54, 1.807) is 30.3 Å². The van der Waals surface area contributed by atoms with E-state index in [1.165, 1.54) is 16.4 Å². The Hall–Kier alpha value is -3.14. The maximum Gasteiger partial charge on any atom is 0.404 e. The van der Waals surface area contributed by atoms with Crippen LogP contribution in [0.25, 0.3) is 0 Å². The van der Waals surface area contributed by atoms with Crippen LogP contribution < -0.4 is 25.3 Å². The van der Waals surface area contributed by atoms with Crippen LogP contribution in [0.4, 0.5) is 4.79 Å². The third-order valence-corrected chi connectivity index (χ3v) is 10.0. The number of benzene rings is 2. The molecule has 0 radical (unpaired) electrons. The van der Waals surface area contributed by atoms with Gasteiger partial charge in [0.2, 0.25) is 16.8 Å². The molecule has 2 saturated heterocycles. The van der Waals surface area contributed by atoms with Crippen LogP contribution in [-0.2, 0) is 25.9 Å². The van der Waals surface area contributed by atoms with E-state index in [2.05, 4.69) is 5.32 Å². The number of aliphatic hydroxyl groups excluding tert-OH is 1. The van der Waals surface area contributed by atoms with Gasteiger partial charge in [-0.1, -0.05) is 26.0 Å². The number of nitrogens with two attached hydrogens (primary N) is 1. The lowest BCUT2D eigenvalue weighted by Crippen LogP contribution is -2.60. The molecule has 13 nitrogen and oxygen atoms in total. The summed E-state index contributed by atoms with van der Waals surface area (Å²) >= 11 is 0. The lowest BCUT2D eigenvalue weighted by atomic mass is 9.81. The van der Waals surface area contributed by atoms with Crippen LogP contribution in [0.3, 0.4) is 0 Å². The Kier molecular flexibility index (Phi) is 10.2. The summed E-state index contributed by atoms with van der Waals surface area (Å²) < 4.78 is 58.3. The summed E-state index contributed by atoms with van der Waals surface area (Å²) in [5, 5.41) is 24.4. The van der Waals surface area contributed by atoms with Crippen molar-refractivity contribution in [2.24, 2.45) is 23.5 Å². The second-order valence-electron chi connectivity index (χ2n) is 11.7. The Morgan fingerprint density at radius 3 is 2.59 bits per heavy atom. The molecule has 2 aromatic carbocycles. The zero-order valence-corrected chi connectivity index (χ0v) is 25.6. The first kappa shape index (κ1) is 32.3. The van der Waals surface area contributed by atoms with Gasteiger partial charge in [-0.05, 0) is 48.6 Å². The van der Waals surface area contributed by atoms with Crippen molar-refractivity contribution in [2.75, 3.05) is 39.7 Å². The molecule has 14 heteroatoms. The molecule has 0 aliphatic carbocycles. The molecule has 0 aromatic heterocycles. The van der Waals surface area contributed by atoms with Crippen LogP contribution in [0.2, 0.25) is 0 Å². The highest BCUT2D eigenvalue weighted by molar-refractivity contribution is 7.89. The third kappa shape index (κ3) is 7.05. The Labute approximate surface area is 257 Å². The molecule has 242 valence electrons. The molecular formula is C30H41N3O10S. The summed E-state index contributed by atoms with van der Waals surface area (Å²) in [7, 11) is -4.24. The van der Waals surface area contributed by atoms with Gasteiger partial charge in [-0.3, -0.25) is 0 Å². The number of aliphatic hydroxyl groups is 1. The number of rotatable bonds is 14. The van der Waals surface area contributed by atoms with Crippen LogP contribution in [0, 0.1) is 17.8 Å². The lowest BCUT2D eigenvalue weighted by Gasteiger charge is -2.42. The Morgan fingerprint density at radius 1 is 1.14 bits per heavy atom. The fraction of sp³-hybridized carbons (Fsp3) is 0.567.